The van der Waals surface area contributed by atoms with Crippen LogP contribution in [0.1, 0.15) is 23.3 Å². The highest BCUT2D eigenvalue weighted by Gasteiger charge is 2.27. The largest absolute Gasteiger partial charge is 0.364 e. The molecule has 2 unspecified atom stereocenters. The molecule has 2 rings (SSSR count). The Morgan fingerprint density at radius 3 is 2.79 bits per heavy atom. The third-order valence-corrected chi connectivity index (χ3v) is 4.99. The number of sulfone groups is 1. The maximum Gasteiger partial charge on any atom is 0.269 e. The summed E-state index contributed by atoms with van der Waals surface area (Å²) in [7, 11) is -2.98. The van der Waals surface area contributed by atoms with Crippen molar-refractivity contribution in [3.63, 3.8) is 0 Å². The van der Waals surface area contributed by atoms with Crippen molar-refractivity contribution >= 4 is 15.7 Å². The molecular weight excluding hydrogens is 268 g/mol. The fraction of sp³-hybridized carbons (Fsp3) is 0.636. The predicted octanol–water partition coefficient (Wildman–Crippen LogP) is -0.853. The summed E-state index contributed by atoms with van der Waals surface area (Å²) in [5, 5.41) is 6.96. The first-order chi connectivity index (χ1) is 8.86. The van der Waals surface area contributed by atoms with E-state index in [1.165, 1.54) is 6.26 Å². The van der Waals surface area contributed by atoms with Crippen molar-refractivity contribution in [2.75, 3.05) is 12.8 Å². The minimum Gasteiger partial charge on any atom is -0.364 e. The van der Waals surface area contributed by atoms with Crippen LogP contribution >= 0.6 is 0 Å². The molecule has 2 atom stereocenters. The Kier molecular flexibility index (Phi) is 3.91. The third kappa shape index (κ3) is 3.54. The van der Waals surface area contributed by atoms with Crippen molar-refractivity contribution < 1.29 is 13.2 Å². The summed E-state index contributed by atoms with van der Waals surface area (Å²) in [6, 6.07) is 1.74. The zero-order valence-electron chi connectivity index (χ0n) is 10.7. The van der Waals surface area contributed by atoms with Gasteiger partial charge in [-0.2, -0.15) is 5.10 Å². The fourth-order valence-electron chi connectivity index (χ4n) is 2.23. The summed E-state index contributed by atoms with van der Waals surface area (Å²) in [5.41, 5.74) is 5.37. The lowest BCUT2D eigenvalue weighted by Gasteiger charge is -2.28. The quantitative estimate of drug-likeness (QED) is 0.749. The van der Waals surface area contributed by atoms with Gasteiger partial charge in [-0.05, 0) is 18.9 Å². The van der Waals surface area contributed by atoms with Crippen molar-refractivity contribution in [1.29, 1.82) is 0 Å². The molecule has 19 heavy (non-hydrogen) atoms. The van der Waals surface area contributed by atoms with Gasteiger partial charge >= 0.3 is 0 Å². The maximum atomic E-state index is 11.4. The Morgan fingerprint density at radius 2 is 2.32 bits per heavy atom. The number of nitrogens with zero attached hydrogens (tertiary/aromatic N) is 2. The average molecular weight is 286 g/mol. The molecule has 1 saturated heterocycles. The van der Waals surface area contributed by atoms with Crippen LogP contribution in [0.5, 0.6) is 0 Å². The molecule has 1 fully saturated rings. The monoisotopic (exact) mass is 286 g/mol. The minimum atomic E-state index is -2.98. The number of nitrogens with one attached hydrogen (secondary N) is 1. The predicted molar refractivity (Wildman–Crippen MR) is 70.4 cm³/mol. The fourth-order valence-corrected chi connectivity index (χ4v) is 3.19. The van der Waals surface area contributed by atoms with E-state index < -0.39 is 15.7 Å². The SMILES string of the molecule is CS(=O)(=O)C1CCC(Cn2ccc(C(N)=O)n2)NC1. The smallest absolute Gasteiger partial charge is 0.269 e. The standard InChI is InChI=1S/C11H18N4O3S/c1-19(17,18)9-3-2-8(13-6-9)7-15-5-4-10(14-15)11(12)16/h4-5,8-9,13H,2-3,6-7H2,1H3,(H2,12,16). The molecule has 0 aromatic carbocycles. The number of primary amides is 1. The summed E-state index contributed by atoms with van der Waals surface area (Å²) in [4.78, 5) is 10.9. The van der Waals surface area contributed by atoms with E-state index in [1.54, 1.807) is 16.9 Å². The molecule has 7 nitrogen and oxygen atoms in total. The number of carbonyl (C=O) groups is 1. The number of hydrogen-bond acceptors (Lipinski definition) is 5. The van der Waals surface area contributed by atoms with Crippen LogP contribution in [0.2, 0.25) is 0 Å². The second-order valence-electron chi connectivity index (χ2n) is 4.92. The van der Waals surface area contributed by atoms with E-state index in [-0.39, 0.29) is 17.0 Å². The maximum absolute atomic E-state index is 11.4. The lowest BCUT2D eigenvalue weighted by Crippen LogP contribution is -2.46. The van der Waals surface area contributed by atoms with E-state index in [2.05, 4.69) is 10.4 Å². The van der Waals surface area contributed by atoms with Crippen LogP contribution in [-0.2, 0) is 16.4 Å². The van der Waals surface area contributed by atoms with Crippen molar-refractivity contribution in [3.05, 3.63) is 18.0 Å². The second kappa shape index (κ2) is 5.30. The van der Waals surface area contributed by atoms with E-state index in [1.807, 2.05) is 0 Å². The molecule has 1 aromatic rings. The van der Waals surface area contributed by atoms with Gasteiger partial charge in [0.2, 0.25) is 0 Å². The number of aromatic nitrogens is 2. The number of carbonyl (C=O) groups excluding carboxylic acids is 1. The molecule has 106 valence electrons. The Hall–Kier alpha value is -1.41. The van der Waals surface area contributed by atoms with E-state index in [9.17, 15) is 13.2 Å². The molecule has 1 amide bonds. The number of hydrogen-bond donors (Lipinski definition) is 2. The van der Waals surface area contributed by atoms with Crippen molar-refractivity contribution in [2.24, 2.45) is 5.73 Å². The van der Waals surface area contributed by atoms with Crippen LogP contribution in [0, 0.1) is 0 Å². The molecule has 1 aliphatic rings. The molecule has 8 heteroatoms. The van der Waals surface area contributed by atoms with Gasteiger partial charge in [-0.15, -0.1) is 0 Å². The van der Waals surface area contributed by atoms with Crippen LogP contribution in [0.3, 0.4) is 0 Å². The van der Waals surface area contributed by atoms with E-state index in [0.717, 1.165) is 6.42 Å². The lowest BCUT2D eigenvalue weighted by molar-refractivity contribution is 0.0994. The molecule has 0 radical (unpaired) electrons. The minimum absolute atomic E-state index is 0.165. The van der Waals surface area contributed by atoms with Gasteiger partial charge in [0.1, 0.15) is 5.69 Å². The van der Waals surface area contributed by atoms with Crippen molar-refractivity contribution in [1.82, 2.24) is 15.1 Å². The molecule has 0 bridgehead atoms. The first-order valence-corrected chi connectivity index (χ1v) is 8.07. The van der Waals surface area contributed by atoms with Gasteiger partial charge < -0.3 is 11.1 Å². The zero-order valence-corrected chi connectivity index (χ0v) is 11.6. The highest BCUT2D eigenvalue weighted by Crippen LogP contribution is 2.15. The van der Waals surface area contributed by atoms with E-state index in [4.69, 9.17) is 5.73 Å². The van der Waals surface area contributed by atoms with E-state index in [0.29, 0.717) is 19.5 Å². The van der Waals surface area contributed by atoms with Crippen molar-refractivity contribution in [2.45, 2.75) is 30.7 Å². The first kappa shape index (κ1) is 14.0. The topological polar surface area (TPSA) is 107 Å². The van der Waals surface area contributed by atoms with Crippen molar-refractivity contribution in [3.8, 4) is 0 Å². The number of amides is 1. The van der Waals surface area contributed by atoms with Crippen LogP contribution in [0.15, 0.2) is 12.3 Å². The van der Waals surface area contributed by atoms with Gasteiger partial charge in [-0.1, -0.05) is 0 Å². The van der Waals surface area contributed by atoms with Crippen LogP contribution in [0.4, 0.5) is 0 Å². The summed E-state index contributed by atoms with van der Waals surface area (Å²) in [5.74, 6) is -0.549. The molecule has 0 aliphatic carbocycles. The Labute approximate surface area is 112 Å². The first-order valence-electron chi connectivity index (χ1n) is 6.12. The molecule has 0 saturated carbocycles. The summed E-state index contributed by atoms with van der Waals surface area (Å²) < 4.78 is 24.5. The molecule has 3 N–H and O–H groups in total. The zero-order chi connectivity index (χ0) is 14.0. The normalized spacial score (nSPS) is 24.3. The third-order valence-electron chi connectivity index (χ3n) is 3.38. The van der Waals surface area contributed by atoms with Gasteiger partial charge in [0, 0.05) is 25.0 Å². The van der Waals surface area contributed by atoms with Gasteiger partial charge in [0.05, 0.1) is 11.8 Å². The number of nitrogens with two attached hydrogens (primary N) is 1. The molecular formula is C11H18N4O3S. The second-order valence-corrected chi connectivity index (χ2v) is 7.25. The van der Waals surface area contributed by atoms with Crippen LogP contribution in [-0.4, -0.2) is 48.2 Å². The van der Waals surface area contributed by atoms with Gasteiger partial charge in [-0.3, -0.25) is 9.48 Å². The Balaban J connectivity index is 1.90. The molecule has 0 spiro atoms. The molecule has 1 aromatic heterocycles. The molecule has 2 heterocycles. The van der Waals surface area contributed by atoms with E-state index >= 15 is 0 Å². The Morgan fingerprint density at radius 1 is 1.58 bits per heavy atom. The summed E-state index contributed by atoms with van der Waals surface area (Å²) in [6.45, 7) is 1.07. The van der Waals surface area contributed by atoms with Gasteiger partial charge in [-0.25, -0.2) is 8.42 Å². The van der Waals surface area contributed by atoms with Gasteiger partial charge in [0.15, 0.2) is 9.84 Å². The lowest BCUT2D eigenvalue weighted by atomic mass is 10.0. The highest BCUT2D eigenvalue weighted by atomic mass is 32.2. The summed E-state index contributed by atoms with van der Waals surface area (Å²) >= 11 is 0. The van der Waals surface area contributed by atoms with Crippen LogP contribution in [0.25, 0.3) is 0 Å². The van der Waals surface area contributed by atoms with Crippen LogP contribution < -0.4 is 11.1 Å². The Bertz CT molecular complexity index is 558. The average Bonchev–Trinajstić information content (AvgIpc) is 2.77. The highest BCUT2D eigenvalue weighted by molar-refractivity contribution is 7.91. The number of piperidine rings is 1. The number of rotatable bonds is 4. The molecule has 1 aliphatic heterocycles. The van der Waals surface area contributed by atoms with Gasteiger partial charge in [0.25, 0.3) is 5.91 Å². The summed E-state index contributed by atoms with van der Waals surface area (Å²) in [6.07, 6.45) is 4.39.